The summed E-state index contributed by atoms with van der Waals surface area (Å²) < 4.78 is 9.47. The Morgan fingerprint density at radius 1 is 1.89 bits per heavy atom. The summed E-state index contributed by atoms with van der Waals surface area (Å²) in [4.78, 5) is 10.7. The van der Waals surface area contributed by atoms with Crippen LogP contribution in [0.4, 0.5) is 0 Å². The zero-order valence-corrected chi connectivity index (χ0v) is 5.16. The van der Waals surface area contributed by atoms with Crippen LogP contribution in [0.25, 0.3) is 0 Å². The lowest BCUT2D eigenvalue weighted by molar-refractivity contribution is -0.153. The number of allylic oxidation sites excluding steroid dienone is 1. The van der Waals surface area contributed by atoms with Crippen LogP contribution in [0.15, 0.2) is 12.3 Å². The predicted molar refractivity (Wildman–Crippen MR) is 30.6 cm³/mol. The van der Waals surface area contributed by atoms with Crippen molar-refractivity contribution in [2.45, 2.75) is 12.7 Å². The summed E-state index contributed by atoms with van der Waals surface area (Å²) in [6, 6.07) is 0. The van der Waals surface area contributed by atoms with Gasteiger partial charge < -0.3 is 9.47 Å². The molecular weight excluding hydrogens is 120 g/mol. The third kappa shape index (κ3) is 1.29. The summed E-state index contributed by atoms with van der Waals surface area (Å²) in [6.45, 7) is 0. The summed E-state index contributed by atoms with van der Waals surface area (Å²) >= 11 is 0. The lowest BCUT2D eigenvalue weighted by Gasteiger charge is -2.15. The third-order valence-electron chi connectivity index (χ3n) is 1.09. The molecule has 1 rings (SSSR count). The maximum atomic E-state index is 10.7. The molecule has 1 aliphatic heterocycles. The molecule has 50 valence electrons. The number of hydrogen-bond donors (Lipinski definition) is 0. The molecule has 3 nitrogen and oxygen atoms in total. The number of ketones is 1. The average Bonchev–Trinajstić information content (AvgIpc) is 1.89. The maximum Gasteiger partial charge on any atom is 0.259 e. The van der Waals surface area contributed by atoms with Gasteiger partial charge in [-0.15, -0.1) is 0 Å². The summed E-state index contributed by atoms with van der Waals surface area (Å²) in [5, 5.41) is 0. The van der Waals surface area contributed by atoms with Gasteiger partial charge in [0, 0.05) is 13.5 Å². The first-order valence-corrected chi connectivity index (χ1v) is 2.70. The van der Waals surface area contributed by atoms with E-state index in [9.17, 15) is 4.79 Å². The standard InChI is InChI=1S/C6H8O3/c1-8-6-5(7)3-2-4-9-6/h2,4,6H,3H2,1H3. The first kappa shape index (κ1) is 6.29. The highest BCUT2D eigenvalue weighted by Gasteiger charge is 2.18. The molecule has 3 heteroatoms. The smallest absolute Gasteiger partial charge is 0.259 e. The zero-order chi connectivity index (χ0) is 6.69. The van der Waals surface area contributed by atoms with Gasteiger partial charge in [-0.05, 0) is 6.08 Å². The Labute approximate surface area is 53.3 Å². The van der Waals surface area contributed by atoms with Gasteiger partial charge in [0.2, 0.25) is 5.78 Å². The fraction of sp³-hybridized carbons (Fsp3) is 0.500. The molecular formula is C6H8O3. The summed E-state index contributed by atoms with van der Waals surface area (Å²) in [5.41, 5.74) is 0. The van der Waals surface area contributed by atoms with E-state index >= 15 is 0 Å². The highest BCUT2D eigenvalue weighted by atomic mass is 16.7. The molecule has 1 unspecified atom stereocenters. The van der Waals surface area contributed by atoms with Crippen molar-refractivity contribution in [1.29, 1.82) is 0 Å². The molecule has 0 saturated heterocycles. The van der Waals surface area contributed by atoms with E-state index in [-0.39, 0.29) is 5.78 Å². The number of carbonyl (C=O) groups excluding carboxylic acids is 1. The van der Waals surface area contributed by atoms with Crippen molar-refractivity contribution in [2.75, 3.05) is 7.11 Å². The van der Waals surface area contributed by atoms with Gasteiger partial charge in [-0.1, -0.05) is 0 Å². The molecule has 0 N–H and O–H groups in total. The van der Waals surface area contributed by atoms with Crippen LogP contribution in [0.3, 0.4) is 0 Å². The van der Waals surface area contributed by atoms with Crippen molar-refractivity contribution in [1.82, 2.24) is 0 Å². The number of ether oxygens (including phenoxy) is 2. The highest BCUT2D eigenvalue weighted by Crippen LogP contribution is 2.05. The van der Waals surface area contributed by atoms with Gasteiger partial charge in [0.25, 0.3) is 6.29 Å². The van der Waals surface area contributed by atoms with Gasteiger partial charge in [-0.25, -0.2) is 0 Å². The summed E-state index contributed by atoms with van der Waals surface area (Å²) in [6.07, 6.45) is 2.89. The zero-order valence-electron chi connectivity index (χ0n) is 5.16. The molecule has 9 heavy (non-hydrogen) atoms. The van der Waals surface area contributed by atoms with E-state index in [1.54, 1.807) is 6.08 Å². The Balaban J connectivity index is 2.53. The van der Waals surface area contributed by atoms with E-state index in [1.165, 1.54) is 13.4 Å². The van der Waals surface area contributed by atoms with Crippen molar-refractivity contribution >= 4 is 5.78 Å². The molecule has 1 aliphatic rings. The van der Waals surface area contributed by atoms with Crippen molar-refractivity contribution in [3.8, 4) is 0 Å². The van der Waals surface area contributed by atoms with Gasteiger partial charge in [-0.2, -0.15) is 0 Å². The Kier molecular flexibility index (Phi) is 1.85. The number of rotatable bonds is 1. The Morgan fingerprint density at radius 3 is 3.11 bits per heavy atom. The van der Waals surface area contributed by atoms with Crippen molar-refractivity contribution in [3.63, 3.8) is 0 Å². The van der Waals surface area contributed by atoms with E-state index in [1.807, 2.05) is 0 Å². The predicted octanol–water partition coefficient (Wildman–Crippen LogP) is 0.462. The van der Waals surface area contributed by atoms with E-state index < -0.39 is 6.29 Å². The third-order valence-corrected chi connectivity index (χ3v) is 1.09. The summed E-state index contributed by atoms with van der Waals surface area (Å²) in [7, 11) is 1.45. The quantitative estimate of drug-likeness (QED) is 0.514. The lowest BCUT2D eigenvalue weighted by Crippen LogP contribution is -2.25. The Morgan fingerprint density at radius 2 is 2.67 bits per heavy atom. The van der Waals surface area contributed by atoms with Crippen LogP contribution in [-0.4, -0.2) is 19.2 Å². The van der Waals surface area contributed by atoms with Crippen LogP contribution in [0.5, 0.6) is 0 Å². The topological polar surface area (TPSA) is 35.5 Å². The minimum Gasteiger partial charge on any atom is -0.465 e. The molecule has 0 aromatic carbocycles. The molecule has 0 aliphatic carbocycles. The second-order valence-electron chi connectivity index (χ2n) is 1.75. The van der Waals surface area contributed by atoms with E-state index in [0.717, 1.165) is 0 Å². The van der Waals surface area contributed by atoms with Crippen molar-refractivity contribution < 1.29 is 14.3 Å². The van der Waals surface area contributed by atoms with Crippen LogP contribution in [-0.2, 0) is 14.3 Å². The molecule has 0 bridgehead atoms. The molecule has 0 amide bonds. The largest absolute Gasteiger partial charge is 0.465 e. The van der Waals surface area contributed by atoms with Crippen molar-refractivity contribution in [2.24, 2.45) is 0 Å². The molecule has 0 aromatic heterocycles. The van der Waals surface area contributed by atoms with Crippen LogP contribution in [0, 0.1) is 0 Å². The second-order valence-corrected chi connectivity index (χ2v) is 1.75. The Bertz CT molecular complexity index is 139. The fourth-order valence-electron chi connectivity index (χ4n) is 0.650. The van der Waals surface area contributed by atoms with Gasteiger partial charge in [0.1, 0.15) is 0 Å². The van der Waals surface area contributed by atoms with E-state index in [0.29, 0.717) is 6.42 Å². The van der Waals surface area contributed by atoms with Crippen LogP contribution < -0.4 is 0 Å². The minimum atomic E-state index is -0.671. The second kappa shape index (κ2) is 2.64. The van der Waals surface area contributed by atoms with Crippen LogP contribution in [0.1, 0.15) is 6.42 Å². The van der Waals surface area contributed by atoms with Gasteiger partial charge in [0.15, 0.2) is 0 Å². The lowest BCUT2D eigenvalue weighted by atomic mass is 10.2. The molecule has 0 fully saturated rings. The normalized spacial score (nSPS) is 25.9. The van der Waals surface area contributed by atoms with Gasteiger partial charge in [0.05, 0.1) is 6.26 Å². The number of methoxy groups -OCH3 is 1. The van der Waals surface area contributed by atoms with Gasteiger partial charge >= 0.3 is 0 Å². The molecule has 0 aromatic rings. The van der Waals surface area contributed by atoms with Gasteiger partial charge in [-0.3, -0.25) is 4.79 Å². The van der Waals surface area contributed by atoms with E-state index in [2.05, 4.69) is 4.74 Å². The average molecular weight is 128 g/mol. The minimum absolute atomic E-state index is 0.0278. The summed E-state index contributed by atoms with van der Waals surface area (Å²) in [5.74, 6) is -0.0278. The molecule has 0 saturated carbocycles. The monoisotopic (exact) mass is 128 g/mol. The number of hydrogen-bond acceptors (Lipinski definition) is 3. The molecule has 1 heterocycles. The first-order valence-electron chi connectivity index (χ1n) is 2.70. The molecule has 0 radical (unpaired) electrons. The number of carbonyl (C=O) groups is 1. The molecule has 0 spiro atoms. The van der Waals surface area contributed by atoms with E-state index in [4.69, 9.17) is 4.74 Å². The van der Waals surface area contributed by atoms with Crippen LogP contribution in [0.2, 0.25) is 0 Å². The van der Waals surface area contributed by atoms with Crippen LogP contribution >= 0.6 is 0 Å². The maximum absolute atomic E-state index is 10.7. The SMILES string of the molecule is COC1OC=CCC1=O. The Hall–Kier alpha value is -0.830. The number of Topliss-reactive ketones (excluding diaryl/α,β-unsaturated/α-hetero) is 1. The van der Waals surface area contributed by atoms with Crippen molar-refractivity contribution in [3.05, 3.63) is 12.3 Å². The fourth-order valence-corrected chi connectivity index (χ4v) is 0.650. The highest BCUT2D eigenvalue weighted by molar-refractivity contribution is 5.83. The molecule has 1 atom stereocenters. The first-order chi connectivity index (χ1) is 4.34.